The van der Waals surface area contributed by atoms with Gasteiger partial charge in [-0.3, -0.25) is 0 Å². The summed E-state index contributed by atoms with van der Waals surface area (Å²) < 4.78 is 0. The second-order valence-corrected chi connectivity index (χ2v) is 3.31. The smallest absolute Gasteiger partial charge is 0.222 e. The first-order chi connectivity index (χ1) is 6.81. The van der Waals surface area contributed by atoms with Crippen LogP contribution in [0.2, 0.25) is 0 Å². The lowest BCUT2D eigenvalue weighted by atomic mass is 10.1. The molecule has 0 saturated heterocycles. The maximum Gasteiger partial charge on any atom is 0.222 e. The van der Waals surface area contributed by atoms with Gasteiger partial charge >= 0.3 is 0 Å². The molecule has 0 bridgehead atoms. The van der Waals surface area contributed by atoms with E-state index in [0.29, 0.717) is 5.95 Å². The zero-order chi connectivity index (χ0) is 9.97. The van der Waals surface area contributed by atoms with Gasteiger partial charge in [0.1, 0.15) is 5.82 Å². The molecule has 0 amide bonds. The summed E-state index contributed by atoms with van der Waals surface area (Å²) in [7, 11) is 0. The van der Waals surface area contributed by atoms with Crippen molar-refractivity contribution in [2.24, 2.45) is 0 Å². The lowest BCUT2D eigenvalue weighted by molar-refractivity contribution is 0.628. The number of nitrogen functional groups attached to an aromatic ring is 1. The van der Waals surface area contributed by atoms with Crippen LogP contribution in [0.1, 0.15) is 18.2 Å². The van der Waals surface area contributed by atoms with E-state index in [1.54, 1.807) is 0 Å². The Morgan fingerprint density at radius 2 is 2.36 bits per heavy atom. The molecule has 0 saturated carbocycles. The van der Waals surface area contributed by atoms with Crippen molar-refractivity contribution in [3.8, 4) is 0 Å². The second kappa shape index (κ2) is 3.79. The minimum absolute atomic E-state index is 0.363. The Morgan fingerprint density at radius 1 is 1.50 bits per heavy atom. The van der Waals surface area contributed by atoms with E-state index < -0.39 is 0 Å². The van der Waals surface area contributed by atoms with Crippen LogP contribution < -0.4 is 16.4 Å². The first-order valence-electron chi connectivity index (χ1n) is 4.91. The van der Waals surface area contributed by atoms with E-state index in [2.05, 4.69) is 20.6 Å². The van der Waals surface area contributed by atoms with E-state index in [1.165, 1.54) is 0 Å². The first-order valence-corrected chi connectivity index (χ1v) is 4.91. The van der Waals surface area contributed by atoms with Crippen LogP contribution >= 0.6 is 0 Å². The molecule has 14 heavy (non-hydrogen) atoms. The lowest BCUT2D eigenvalue weighted by Gasteiger charge is -2.19. The molecule has 4 N–H and O–H groups in total. The Balaban J connectivity index is 2.41. The first kappa shape index (κ1) is 9.21. The van der Waals surface area contributed by atoms with Gasteiger partial charge in [-0.05, 0) is 6.92 Å². The molecule has 0 atom stereocenters. The number of hydrogen-bond acceptors (Lipinski definition) is 5. The molecule has 0 aromatic carbocycles. The number of nitrogens with zero attached hydrogens (tertiary/aromatic N) is 2. The molecule has 0 unspecified atom stereocenters. The maximum atomic E-state index is 5.63. The maximum absolute atomic E-state index is 5.63. The highest BCUT2D eigenvalue weighted by Gasteiger charge is 2.15. The molecule has 1 aliphatic rings. The van der Waals surface area contributed by atoms with Gasteiger partial charge in [-0.1, -0.05) is 0 Å². The summed E-state index contributed by atoms with van der Waals surface area (Å²) in [5.74, 6) is 1.24. The zero-order valence-electron chi connectivity index (χ0n) is 8.30. The number of hydrogen-bond donors (Lipinski definition) is 3. The van der Waals surface area contributed by atoms with E-state index in [0.717, 1.165) is 43.1 Å². The monoisotopic (exact) mass is 193 g/mol. The number of anilines is 2. The summed E-state index contributed by atoms with van der Waals surface area (Å²) in [6, 6.07) is 0. The largest absolute Gasteiger partial charge is 0.370 e. The van der Waals surface area contributed by atoms with Crippen LogP contribution in [-0.2, 0) is 13.0 Å². The Labute approximate surface area is 83.1 Å². The molecule has 0 fully saturated rings. The number of nitrogens with two attached hydrogens (primary N) is 1. The summed E-state index contributed by atoms with van der Waals surface area (Å²) in [6.07, 6.45) is 0.931. The number of fused-ring (bicyclic) bond motifs is 1. The fraction of sp³-hybridized carbons (Fsp3) is 0.556. The van der Waals surface area contributed by atoms with Crippen molar-refractivity contribution >= 4 is 11.8 Å². The Morgan fingerprint density at radius 3 is 3.14 bits per heavy atom. The number of rotatable bonds is 2. The van der Waals surface area contributed by atoms with Crippen LogP contribution in [-0.4, -0.2) is 23.1 Å². The molecule has 2 heterocycles. The van der Waals surface area contributed by atoms with Crippen molar-refractivity contribution in [2.45, 2.75) is 19.9 Å². The second-order valence-electron chi connectivity index (χ2n) is 3.31. The molecule has 2 rings (SSSR count). The molecular weight excluding hydrogens is 178 g/mol. The molecule has 5 nitrogen and oxygen atoms in total. The topological polar surface area (TPSA) is 75.9 Å². The third-order valence-corrected chi connectivity index (χ3v) is 2.29. The van der Waals surface area contributed by atoms with Crippen molar-refractivity contribution < 1.29 is 0 Å². The predicted octanol–water partition coefficient (Wildman–Crippen LogP) is 0.136. The highest BCUT2D eigenvalue weighted by molar-refractivity contribution is 5.50. The standard InChI is InChI=1S/C9H15N5/c1-2-12-8-6-5-11-4-3-7(6)13-9(10)14-8/h11H,2-5H2,1H3,(H3,10,12,13,14). The van der Waals surface area contributed by atoms with Gasteiger partial charge in [-0.25, -0.2) is 4.98 Å². The highest BCUT2D eigenvalue weighted by atomic mass is 15.1. The van der Waals surface area contributed by atoms with Gasteiger partial charge in [-0.15, -0.1) is 0 Å². The minimum atomic E-state index is 0.363. The zero-order valence-corrected chi connectivity index (χ0v) is 8.30. The van der Waals surface area contributed by atoms with E-state index >= 15 is 0 Å². The van der Waals surface area contributed by atoms with Gasteiger partial charge in [0.2, 0.25) is 5.95 Å². The normalized spacial score (nSPS) is 14.9. The minimum Gasteiger partial charge on any atom is -0.370 e. The van der Waals surface area contributed by atoms with Gasteiger partial charge in [0.15, 0.2) is 0 Å². The Bertz CT molecular complexity index is 336. The molecule has 0 spiro atoms. The summed E-state index contributed by atoms with van der Waals surface area (Å²) in [5.41, 5.74) is 7.87. The van der Waals surface area contributed by atoms with Crippen LogP contribution in [0.4, 0.5) is 11.8 Å². The Kier molecular flexibility index (Phi) is 2.49. The van der Waals surface area contributed by atoms with Gasteiger partial charge in [0.25, 0.3) is 0 Å². The third-order valence-electron chi connectivity index (χ3n) is 2.29. The molecule has 0 radical (unpaired) electrons. The predicted molar refractivity (Wildman–Crippen MR) is 56.0 cm³/mol. The molecule has 1 aliphatic heterocycles. The fourth-order valence-electron chi connectivity index (χ4n) is 1.68. The average molecular weight is 193 g/mol. The van der Waals surface area contributed by atoms with Crippen LogP contribution in [0.5, 0.6) is 0 Å². The summed E-state index contributed by atoms with van der Waals surface area (Å²) in [4.78, 5) is 8.44. The molecule has 5 heteroatoms. The van der Waals surface area contributed by atoms with E-state index in [-0.39, 0.29) is 0 Å². The van der Waals surface area contributed by atoms with Gasteiger partial charge in [0.05, 0.1) is 5.69 Å². The Hall–Kier alpha value is -1.36. The van der Waals surface area contributed by atoms with Gasteiger partial charge in [0, 0.05) is 31.6 Å². The van der Waals surface area contributed by atoms with Crippen LogP contribution in [0.25, 0.3) is 0 Å². The number of aromatic nitrogens is 2. The van der Waals surface area contributed by atoms with E-state index in [9.17, 15) is 0 Å². The number of nitrogens with one attached hydrogen (secondary N) is 2. The van der Waals surface area contributed by atoms with Crippen molar-refractivity contribution in [1.82, 2.24) is 15.3 Å². The fourth-order valence-corrected chi connectivity index (χ4v) is 1.68. The van der Waals surface area contributed by atoms with Crippen LogP contribution in [0.3, 0.4) is 0 Å². The lowest BCUT2D eigenvalue weighted by Crippen LogP contribution is -2.26. The van der Waals surface area contributed by atoms with Crippen molar-refractivity contribution in [1.29, 1.82) is 0 Å². The SMILES string of the molecule is CCNc1nc(N)nc2c1CNCC2. The molecule has 0 aliphatic carbocycles. The third kappa shape index (κ3) is 1.63. The van der Waals surface area contributed by atoms with Gasteiger partial charge < -0.3 is 16.4 Å². The van der Waals surface area contributed by atoms with E-state index in [4.69, 9.17) is 5.73 Å². The summed E-state index contributed by atoms with van der Waals surface area (Å²) >= 11 is 0. The van der Waals surface area contributed by atoms with Crippen molar-refractivity contribution in [3.05, 3.63) is 11.3 Å². The average Bonchev–Trinajstić information content (AvgIpc) is 2.18. The van der Waals surface area contributed by atoms with Crippen molar-refractivity contribution in [3.63, 3.8) is 0 Å². The molecule has 76 valence electrons. The summed E-state index contributed by atoms with van der Waals surface area (Å²) in [6.45, 7) is 4.69. The molecule has 1 aromatic rings. The van der Waals surface area contributed by atoms with Crippen molar-refractivity contribution in [2.75, 3.05) is 24.1 Å². The van der Waals surface area contributed by atoms with Crippen LogP contribution in [0.15, 0.2) is 0 Å². The molecular formula is C9H15N5. The van der Waals surface area contributed by atoms with Crippen LogP contribution in [0, 0.1) is 0 Å². The summed E-state index contributed by atoms with van der Waals surface area (Å²) in [5, 5.41) is 6.50. The quantitative estimate of drug-likeness (QED) is 0.622. The van der Waals surface area contributed by atoms with Gasteiger partial charge in [-0.2, -0.15) is 4.98 Å². The van der Waals surface area contributed by atoms with E-state index in [1.807, 2.05) is 6.92 Å². The highest BCUT2D eigenvalue weighted by Crippen LogP contribution is 2.20. The molecule has 1 aromatic heterocycles.